The molecule has 0 spiro atoms. The molecule has 0 atom stereocenters. The molecule has 0 radical (unpaired) electrons. The van der Waals surface area contributed by atoms with E-state index in [1.165, 1.54) is 0 Å². The normalized spacial score (nSPS) is 11.6. The largest absolute Gasteiger partial charge is 0.295 e. The number of hydrogen-bond acceptors (Lipinski definition) is 8. The van der Waals surface area contributed by atoms with Gasteiger partial charge in [0.1, 0.15) is 17.5 Å². The number of rotatable bonds is 8. The average Bonchev–Trinajstić information content (AvgIpc) is 3.89. The molecule has 5 heterocycles. The summed E-state index contributed by atoms with van der Waals surface area (Å²) in [5.41, 5.74) is 8.40. The fourth-order valence-corrected chi connectivity index (χ4v) is 6.49. The van der Waals surface area contributed by atoms with Gasteiger partial charge in [0.25, 0.3) is 0 Å². The molecule has 11 nitrogen and oxygen atoms in total. The van der Waals surface area contributed by atoms with E-state index in [4.69, 9.17) is 24.9 Å². The Kier molecular flexibility index (Phi) is 7.55. The second-order valence-corrected chi connectivity index (χ2v) is 11.9. The molecule has 248 valence electrons. The molecule has 0 bridgehead atoms. The average molecular weight is 676 g/mol. The van der Waals surface area contributed by atoms with Crippen molar-refractivity contribution >= 4 is 34.6 Å². The van der Waals surface area contributed by atoms with Gasteiger partial charge in [-0.3, -0.25) is 13.7 Å². The van der Waals surface area contributed by atoms with Crippen LogP contribution in [0.1, 0.15) is 5.69 Å². The van der Waals surface area contributed by atoms with Crippen LogP contribution in [0, 0.1) is 6.92 Å². The fraction of sp³-hybridized carbons (Fsp3) is 0.0244. The van der Waals surface area contributed by atoms with Gasteiger partial charge in [-0.25, -0.2) is 39.9 Å². The molecule has 0 unspecified atom stereocenters. The van der Waals surface area contributed by atoms with E-state index >= 15 is 0 Å². The fourth-order valence-electron chi connectivity index (χ4n) is 6.49. The molecule has 0 aliphatic carbocycles. The van der Waals surface area contributed by atoms with Gasteiger partial charge in [0.2, 0.25) is 0 Å². The lowest BCUT2D eigenvalue weighted by atomic mass is 10.0. The van der Waals surface area contributed by atoms with Gasteiger partial charge in [-0.2, -0.15) is 0 Å². The summed E-state index contributed by atoms with van der Waals surface area (Å²) in [6.07, 6.45) is 9.98. The van der Waals surface area contributed by atoms with E-state index in [1.807, 2.05) is 94.9 Å². The van der Waals surface area contributed by atoms with E-state index in [2.05, 4.69) is 56.4 Å². The molecule has 9 aromatic rings. The Bertz CT molecular complexity index is 2630. The van der Waals surface area contributed by atoms with Gasteiger partial charge in [0.15, 0.2) is 28.4 Å². The van der Waals surface area contributed by atoms with Crippen LogP contribution in [0.15, 0.2) is 152 Å². The third kappa shape index (κ3) is 5.24. The van der Waals surface area contributed by atoms with E-state index in [0.717, 1.165) is 39.4 Å². The van der Waals surface area contributed by atoms with Crippen molar-refractivity contribution < 1.29 is 0 Å². The molecule has 0 saturated carbocycles. The summed E-state index contributed by atoms with van der Waals surface area (Å²) in [6, 6.07) is 36.5. The Morgan fingerprint density at radius 2 is 0.923 bits per heavy atom. The number of aromatic nitrogens is 10. The summed E-state index contributed by atoms with van der Waals surface area (Å²) in [5.74, 6) is 2.60. The Labute approximate surface area is 298 Å². The molecule has 0 saturated heterocycles. The van der Waals surface area contributed by atoms with Crippen LogP contribution in [0.3, 0.4) is 0 Å². The van der Waals surface area contributed by atoms with Crippen LogP contribution < -0.4 is 0 Å². The second-order valence-electron chi connectivity index (χ2n) is 11.9. The number of hydrogen-bond donors (Lipinski definition) is 0. The lowest BCUT2D eigenvalue weighted by molar-refractivity contribution is 1.01. The smallest absolute Gasteiger partial charge is 0.198 e. The molecule has 0 fully saturated rings. The Hall–Kier alpha value is -7.40. The minimum absolute atomic E-state index is 0.529. The number of aliphatic imine (C=N–C) groups is 1. The van der Waals surface area contributed by atoms with Gasteiger partial charge in [-0.15, -0.1) is 0 Å². The van der Waals surface area contributed by atoms with Crippen LogP contribution in [0.2, 0.25) is 0 Å². The summed E-state index contributed by atoms with van der Waals surface area (Å²) in [4.78, 5) is 38.5. The van der Waals surface area contributed by atoms with Crippen molar-refractivity contribution in [2.24, 2.45) is 4.99 Å². The van der Waals surface area contributed by atoms with Gasteiger partial charge >= 0.3 is 0 Å². The van der Waals surface area contributed by atoms with Gasteiger partial charge in [-0.05, 0) is 61.5 Å². The first-order valence-corrected chi connectivity index (χ1v) is 16.6. The van der Waals surface area contributed by atoms with E-state index in [9.17, 15) is 0 Å². The molecule has 9 rings (SSSR count). The van der Waals surface area contributed by atoms with Gasteiger partial charge in [0, 0.05) is 64.8 Å². The summed E-state index contributed by atoms with van der Waals surface area (Å²) >= 11 is 0. The molecule has 0 N–H and O–H groups in total. The van der Waals surface area contributed by atoms with Crippen molar-refractivity contribution in [2.45, 2.75) is 6.92 Å². The van der Waals surface area contributed by atoms with E-state index in [1.54, 1.807) is 37.1 Å². The Balaban J connectivity index is 1.38. The zero-order chi connectivity index (χ0) is 35.0. The van der Waals surface area contributed by atoms with Crippen LogP contribution in [-0.2, 0) is 0 Å². The number of imidazole rings is 3. The summed E-state index contributed by atoms with van der Waals surface area (Å²) in [6.45, 7) is 5.84. The zero-order valence-corrected chi connectivity index (χ0v) is 28.0. The highest BCUT2D eigenvalue weighted by molar-refractivity contribution is 5.85. The maximum atomic E-state index is 5.12. The minimum atomic E-state index is 0.529. The molecule has 0 aliphatic heterocycles. The predicted molar refractivity (Wildman–Crippen MR) is 203 cm³/mol. The standard InChI is InChI=1S/C41H29N11/c1-3-19-42-34-27(2)50(31-13-7-4-8-14-31)37(47-34)28-24-29(38-48-35-40(45-22-20-43-35)51(38)32-15-9-5-10-16-32)26-30(25-28)39-49-36-41(46-23-21-44-36)52(39)33-17-11-6-12-18-33/h3-26H,1H2,2H3. The first kappa shape index (κ1) is 30.6. The van der Waals surface area contributed by atoms with Crippen molar-refractivity contribution in [1.82, 2.24) is 48.6 Å². The topological polar surface area (TPSA) is 117 Å². The van der Waals surface area contributed by atoms with Crippen LogP contribution >= 0.6 is 0 Å². The molecule has 52 heavy (non-hydrogen) atoms. The summed E-state index contributed by atoms with van der Waals surface area (Å²) in [5, 5.41) is 0. The molecular weight excluding hydrogens is 647 g/mol. The maximum absolute atomic E-state index is 5.12. The van der Waals surface area contributed by atoms with E-state index in [0.29, 0.717) is 45.9 Å². The number of allylic oxidation sites excluding steroid dienone is 1. The number of fused-ring (bicyclic) bond motifs is 2. The first-order chi connectivity index (χ1) is 25.7. The van der Waals surface area contributed by atoms with E-state index in [-0.39, 0.29) is 0 Å². The minimum Gasteiger partial charge on any atom is -0.295 e. The second kappa shape index (κ2) is 12.8. The quantitative estimate of drug-likeness (QED) is 0.149. The van der Waals surface area contributed by atoms with Crippen molar-refractivity contribution in [2.75, 3.05) is 0 Å². The lowest BCUT2D eigenvalue weighted by Gasteiger charge is -2.15. The first-order valence-electron chi connectivity index (χ1n) is 16.6. The molecule has 0 aliphatic rings. The highest BCUT2D eigenvalue weighted by Gasteiger charge is 2.24. The predicted octanol–water partition coefficient (Wildman–Crippen LogP) is 8.33. The molecular formula is C41H29N11. The highest BCUT2D eigenvalue weighted by Crippen LogP contribution is 2.38. The van der Waals surface area contributed by atoms with Gasteiger partial charge in [-0.1, -0.05) is 67.3 Å². The zero-order valence-electron chi connectivity index (χ0n) is 28.0. The number of nitrogens with zero attached hydrogens (tertiary/aromatic N) is 11. The van der Waals surface area contributed by atoms with E-state index < -0.39 is 0 Å². The molecule has 4 aromatic carbocycles. The third-order valence-corrected chi connectivity index (χ3v) is 8.73. The lowest BCUT2D eigenvalue weighted by Crippen LogP contribution is -2.03. The molecule has 0 amide bonds. The van der Waals surface area contributed by atoms with Crippen LogP contribution in [-0.4, -0.2) is 54.8 Å². The number of para-hydroxylation sites is 3. The SMILES string of the molecule is C=CC=Nc1nc(-c2cc(-c3nc4nccnc4n3-c3ccccc3)cc(-c3nc4nccnc4n3-c3ccccc3)c2)n(-c2ccccc2)c1C. The van der Waals surface area contributed by atoms with Crippen molar-refractivity contribution in [3.63, 3.8) is 0 Å². The van der Waals surface area contributed by atoms with Gasteiger partial charge in [0.05, 0.1) is 5.69 Å². The van der Waals surface area contributed by atoms with Crippen LogP contribution in [0.25, 0.3) is 73.8 Å². The van der Waals surface area contributed by atoms with Crippen LogP contribution in [0.5, 0.6) is 0 Å². The summed E-state index contributed by atoms with van der Waals surface area (Å²) < 4.78 is 6.18. The highest BCUT2D eigenvalue weighted by atomic mass is 15.2. The summed E-state index contributed by atoms with van der Waals surface area (Å²) in [7, 11) is 0. The van der Waals surface area contributed by atoms with Crippen LogP contribution in [0.4, 0.5) is 5.82 Å². The maximum Gasteiger partial charge on any atom is 0.198 e. The Morgan fingerprint density at radius 1 is 0.519 bits per heavy atom. The van der Waals surface area contributed by atoms with Crippen molar-refractivity contribution in [3.05, 3.63) is 152 Å². The monoisotopic (exact) mass is 675 g/mol. The number of benzene rings is 4. The van der Waals surface area contributed by atoms with Crippen molar-refractivity contribution in [3.8, 4) is 51.2 Å². The third-order valence-electron chi connectivity index (χ3n) is 8.73. The van der Waals surface area contributed by atoms with Crippen molar-refractivity contribution in [1.29, 1.82) is 0 Å². The molecule has 11 heteroatoms. The molecule has 5 aromatic heterocycles. The Morgan fingerprint density at radius 3 is 1.37 bits per heavy atom. The van der Waals surface area contributed by atoms with Gasteiger partial charge < -0.3 is 0 Å².